The standard InChI is InChI=1S/C19H28N4O3S2/c1-4-7-8-18-21-22-19(27-18)20-17(24)14-11-15-9-12-16(13-10-15)28(25,26)23(5-2)6-3/h9-10,12-13H,4-8,11,14H2,1-3H3,(H,20,22,24). The van der Waals surface area contributed by atoms with Crippen LogP contribution in [-0.2, 0) is 27.7 Å². The van der Waals surface area contributed by atoms with Crippen molar-refractivity contribution in [3.63, 3.8) is 0 Å². The van der Waals surface area contributed by atoms with Crippen LogP contribution >= 0.6 is 11.3 Å². The van der Waals surface area contributed by atoms with Crippen LogP contribution in [0.3, 0.4) is 0 Å². The number of aryl methyl sites for hydroxylation is 2. The van der Waals surface area contributed by atoms with Crippen molar-refractivity contribution in [1.82, 2.24) is 14.5 Å². The molecule has 154 valence electrons. The largest absolute Gasteiger partial charge is 0.301 e. The molecule has 28 heavy (non-hydrogen) atoms. The second kappa shape index (κ2) is 10.6. The maximum Gasteiger partial charge on any atom is 0.243 e. The quantitative estimate of drug-likeness (QED) is 0.596. The predicted molar refractivity (Wildman–Crippen MR) is 112 cm³/mol. The molecule has 0 aliphatic heterocycles. The van der Waals surface area contributed by atoms with Gasteiger partial charge < -0.3 is 5.32 Å². The number of benzene rings is 1. The van der Waals surface area contributed by atoms with Crippen molar-refractivity contribution < 1.29 is 13.2 Å². The van der Waals surface area contributed by atoms with Gasteiger partial charge in [-0.05, 0) is 30.5 Å². The molecule has 9 heteroatoms. The Balaban J connectivity index is 1.89. The normalized spacial score (nSPS) is 11.7. The monoisotopic (exact) mass is 424 g/mol. The van der Waals surface area contributed by atoms with Crippen molar-refractivity contribution >= 4 is 32.4 Å². The molecule has 7 nitrogen and oxygen atoms in total. The smallest absolute Gasteiger partial charge is 0.243 e. The molecule has 0 bridgehead atoms. The lowest BCUT2D eigenvalue weighted by atomic mass is 10.1. The highest BCUT2D eigenvalue weighted by molar-refractivity contribution is 7.89. The number of nitrogens with one attached hydrogen (secondary N) is 1. The van der Waals surface area contributed by atoms with Gasteiger partial charge in [-0.25, -0.2) is 8.42 Å². The molecule has 1 heterocycles. The predicted octanol–water partition coefficient (Wildman–Crippen LogP) is 3.48. The third-order valence-electron chi connectivity index (χ3n) is 4.36. The van der Waals surface area contributed by atoms with Crippen LogP contribution < -0.4 is 5.32 Å². The van der Waals surface area contributed by atoms with Crippen molar-refractivity contribution in [3.8, 4) is 0 Å². The van der Waals surface area contributed by atoms with Crippen LogP contribution in [0.1, 0.15) is 50.6 Å². The number of carbonyl (C=O) groups is 1. The van der Waals surface area contributed by atoms with Gasteiger partial charge in [0.2, 0.25) is 21.1 Å². The first kappa shape index (κ1) is 22.4. The zero-order valence-electron chi connectivity index (χ0n) is 16.6. The highest BCUT2D eigenvalue weighted by Gasteiger charge is 2.21. The van der Waals surface area contributed by atoms with E-state index in [4.69, 9.17) is 0 Å². The molecule has 0 aliphatic carbocycles. The molecule has 1 N–H and O–H groups in total. The van der Waals surface area contributed by atoms with E-state index >= 15 is 0 Å². The van der Waals surface area contributed by atoms with E-state index in [2.05, 4.69) is 22.4 Å². The summed E-state index contributed by atoms with van der Waals surface area (Å²) in [7, 11) is -3.45. The number of nitrogens with zero attached hydrogens (tertiary/aromatic N) is 3. The molecule has 1 aromatic heterocycles. The van der Waals surface area contributed by atoms with Gasteiger partial charge in [0.15, 0.2) is 0 Å². The van der Waals surface area contributed by atoms with Gasteiger partial charge in [0.1, 0.15) is 5.01 Å². The van der Waals surface area contributed by atoms with Gasteiger partial charge in [0, 0.05) is 25.9 Å². The zero-order chi connectivity index (χ0) is 20.6. The van der Waals surface area contributed by atoms with Gasteiger partial charge in [-0.2, -0.15) is 4.31 Å². The van der Waals surface area contributed by atoms with Crippen LogP contribution in [0.2, 0.25) is 0 Å². The van der Waals surface area contributed by atoms with Crippen LogP contribution in [0.5, 0.6) is 0 Å². The summed E-state index contributed by atoms with van der Waals surface area (Å²) in [5, 5.41) is 12.3. The molecule has 0 unspecified atom stereocenters. The van der Waals surface area contributed by atoms with E-state index in [-0.39, 0.29) is 10.8 Å². The fourth-order valence-corrected chi connectivity index (χ4v) is 4.97. The molecule has 0 radical (unpaired) electrons. The Hall–Kier alpha value is -1.84. The Morgan fingerprint density at radius 1 is 1.07 bits per heavy atom. The molecule has 0 atom stereocenters. The fraction of sp³-hybridized carbons (Fsp3) is 0.526. The topological polar surface area (TPSA) is 92.3 Å². The molecule has 0 spiro atoms. The first-order valence-corrected chi connectivity index (χ1v) is 11.9. The van der Waals surface area contributed by atoms with Crippen LogP contribution in [0, 0.1) is 0 Å². The molecule has 0 fully saturated rings. The van der Waals surface area contributed by atoms with Crippen molar-refractivity contribution in [2.75, 3.05) is 18.4 Å². The number of amides is 1. The molecular weight excluding hydrogens is 396 g/mol. The van der Waals surface area contributed by atoms with Crippen molar-refractivity contribution in [2.24, 2.45) is 0 Å². The van der Waals surface area contributed by atoms with Gasteiger partial charge >= 0.3 is 0 Å². The molecular formula is C19H28N4O3S2. The zero-order valence-corrected chi connectivity index (χ0v) is 18.3. The molecule has 2 aromatic rings. The summed E-state index contributed by atoms with van der Waals surface area (Å²) in [6.45, 7) is 6.63. The van der Waals surface area contributed by atoms with Crippen LogP contribution in [0.15, 0.2) is 29.2 Å². The molecule has 0 saturated carbocycles. The molecule has 0 saturated heterocycles. The molecule has 1 amide bonds. The molecule has 0 aliphatic rings. The number of carbonyl (C=O) groups excluding carboxylic acids is 1. The van der Waals surface area contributed by atoms with E-state index in [1.165, 1.54) is 15.6 Å². The lowest BCUT2D eigenvalue weighted by Crippen LogP contribution is -2.30. The summed E-state index contributed by atoms with van der Waals surface area (Å²) < 4.78 is 26.4. The number of aromatic nitrogens is 2. The minimum atomic E-state index is -3.45. The van der Waals surface area contributed by atoms with Gasteiger partial charge in [-0.3, -0.25) is 4.79 Å². The molecule has 1 aromatic carbocycles. The van der Waals surface area contributed by atoms with E-state index in [1.54, 1.807) is 24.3 Å². The highest BCUT2D eigenvalue weighted by Crippen LogP contribution is 2.19. The summed E-state index contributed by atoms with van der Waals surface area (Å²) in [4.78, 5) is 12.4. The summed E-state index contributed by atoms with van der Waals surface area (Å²) in [6.07, 6.45) is 3.86. The third kappa shape index (κ3) is 6.08. The summed E-state index contributed by atoms with van der Waals surface area (Å²) >= 11 is 1.41. The number of anilines is 1. The second-order valence-electron chi connectivity index (χ2n) is 6.39. The maximum absolute atomic E-state index is 12.5. The Labute approximate surface area is 171 Å². The van der Waals surface area contributed by atoms with Crippen LogP contribution in [-0.4, -0.2) is 41.9 Å². The number of hydrogen-bond donors (Lipinski definition) is 1. The third-order valence-corrected chi connectivity index (χ3v) is 7.33. The van der Waals surface area contributed by atoms with Crippen LogP contribution in [0.25, 0.3) is 0 Å². The number of rotatable bonds is 11. The van der Waals surface area contributed by atoms with E-state index in [0.29, 0.717) is 31.1 Å². The van der Waals surface area contributed by atoms with E-state index < -0.39 is 10.0 Å². The SMILES string of the molecule is CCCCc1nnc(NC(=O)CCc2ccc(S(=O)(=O)N(CC)CC)cc2)s1. The summed E-state index contributed by atoms with van der Waals surface area (Å²) in [6, 6.07) is 6.73. The molecule has 2 rings (SSSR count). The number of hydrogen-bond acceptors (Lipinski definition) is 6. The Kier molecular flexibility index (Phi) is 8.53. The van der Waals surface area contributed by atoms with Gasteiger partial charge in [0.05, 0.1) is 4.90 Å². The Morgan fingerprint density at radius 2 is 1.75 bits per heavy atom. The van der Waals surface area contributed by atoms with Crippen molar-refractivity contribution in [1.29, 1.82) is 0 Å². The highest BCUT2D eigenvalue weighted by atomic mass is 32.2. The van der Waals surface area contributed by atoms with Crippen LogP contribution in [0.4, 0.5) is 5.13 Å². The lowest BCUT2D eigenvalue weighted by Gasteiger charge is -2.18. The van der Waals surface area contributed by atoms with Crippen molar-refractivity contribution in [2.45, 2.75) is 57.8 Å². The summed E-state index contributed by atoms with van der Waals surface area (Å²) in [5.41, 5.74) is 0.912. The van der Waals surface area contributed by atoms with Crippen molar-refractivity contribution in [3.05, 3.63) is 34.8 Å². The first-order valence-electron chi connectivity index (χ1n) is 9.62. The average Bonchev–Trinajstić information content (AvgIpc) is 3.13. The van der Waals surface area contributed by atoms with E-state index in [9.17, 15) is 13.2 Å². The number of sulfonamides is 1. The lowest BCUT2D eigenvalue weighted by molar-refractivity contribution is -0.116. The average molecular weight is 425 g/mol. The first-order chi connectivity index (χ1) is 13.4. The van der Waals surface area contributed by atoms with Gasteiger partial charge in [-0.1, -0.05) is 50.7 Å². The number of unbranched alkanes of at least 4 members (excludes halogenated alkanes) is 1. The van der Waals surface area contributed by atoms with Gasteiger partial charge in [0.25, 0.3) is 0 Å². The second-order valence-corrected chi connectivity index (χ2v) is 9.39. The summed E-state index contributed by atoms with van der Waals surface area (Å²) in [5.74, 6) is -0.127. The van der Waals surface area contributed by atoms with Gasteiger partial charge in [-0.15, -0.1) is 10.2 Å². The minimum absolute atomic E-state index is 0.127. The Bertz CT molecular complexity index is 860. The fourth-order valence-electron chi connectivity index (χ4n) is 2.71. The minimum Gasteiger partial charge on any atom is -0.301 e. The van der Waals surface area contributed by atoms with E-state index in [1.807, 2.05) is 13.8 Å². The maximum atomic E-state index is 12.5. The Morgan fingerprint density at radius 3 is 2.36 bits per heavy atom. The van der Waals surface area contributed by atoms with E-state index in [0.717, 1.165) is 29.8 Å².